The second kappa shape index (κ2) is 5.91. The van der Waals surface area contributed by atoms with E-state index in [0.29, 0.717) is 23.1 Å². The second-order valence-electron chi connectivity index (χ2n) is 6.32. The van der Waals surface area contributed by atoms with Gasteiger partial charge in [0.2, 0.25) is 11.2 Å². The predicted molar refractivity (Wildman–Crippen MR) is 101 cm³/mol. The SMILES string of the molecule is Cc1c(N)c2c3oc(C(=O)O)c(O)c(=O)c3ccc2n1Cc1ccccc1. The van der Waals surface area contributed by atoms with Crippen molar-refractivity contribution in [3.63, 3.8) is 0 Å². The zero-order valence-electron chi connectivity index (χ0n) is 14.4. The summed E-state index contributed by atoms with van der Waals surface area (Å²) in [7, 11) is 0. The van der Waals surface area contributed by atoms with Crippen LogP contribution < -0.4 is 11.2 Å². The molecule has 136 valence electrons. The number of nitrogens with zero attached hydrogens (tertiary/aromatic N) is 1. The van der Waals surface area contributed by atoms with Crippen molar-refractivity contribution in [3.8, 4) is 5.75 Å². The average molecular weight is 364 g/mol. The van der Waals surface area contributed by atoms with Gasteiger partial charge in [-0.05, 0) is 24.6 Å². The molecule has 0 spiro atoms. The highest BCUT2D eigenvalue weighted by Gasteiger charge is 2.23. The van der Waals surface area contributed by atoms with Crippen LogP contribution in [-0.4, -0.2) is 20.7 Å². The Morgan fingerprint density at radius 3 is 2.56 bits per heavy atom. The topological polar surface area (TPSA) is 119 Å². The summed E-state index contributed by atoms with van der Waals surface area (Å²) in [5.74, 6) is -3.25. The highest BCUT2D eigenvalue weighted by atomic mass is 16.4. The lowest BCUT2D eigenvalue weighted by Gasteiger charge is -2.09. The zero-order chi connectivity index (χ0) is 19.3. The Hall–Kier alpha value is -3.74. The molecule has 27 heavy (non-hydrogen) atoms. The molecule has 0 aliphatic carbocycles. The van der Waals surface area contributed by atoms with Gasteiger partial charge in [-0.3, -0.25) is 4.79 Å². The number of rotatable bonds is 3. The summed E-state index contributed by atoms with van der Waals surface area (Å²) in [6.45, 7) is 2.40. The van der Waals surface area contributed by atoms with Crippen LogP contribution >= 0.6 is 0 Å². The minimum absolute atomic E-state index is 0.0557. The fourth-order valence-electron chi connectivity index (χ4n) is 3.35. The monoisotopic (exact) mass is 364 g/mol. The molecule has 4 N–H and O–H groups in total. The highest BCUT2D eigenvalue weighted by molar-refractivity contribution is 6.11. The minimum Gasteiger partial charge on any atom is -0.501 e. The van der Waals surface area contributed by atoms with Crippen LogP contribution in [0.5, 0.6) is 5.75 Å². The molecule has 0 fully saturated rings. The van der Waals surface area contributed by atoms with Gasteiger partial charge >= 0.3 is 5.97 Å². The quantitative estimate of drug-likeness (QED) is 0.514. The number of carbonyl (C=O) groups is 1. The first kappa shape index (κ1) is 16.7. The van der Waals surface area contributed by atoms with E-state index in [1.807, 2.05) is 41.8 Å². The molecule has 4 aromatic rings. The molecule has 7 nitrogen and oxygen atoms in total. The van der Waals surface area contributed by atoms with Gasteiger partial charge in [0.1, 0.15) is 0 Å². The van der Waals surface area contributed by atoms with Gasteiger partial charge in [0.05, 0.1) is 22.0 Å². The molecule has 7 heteroatoms. The number of hydrogen-bond donors (Lipinski definition) is 3. The smallest absolute Gasteiger partial charge is 0.375 e. The third-order valence-electron chi connectivity index (χ3n) is 4.75. The summed E-state index contributed by atoms with van der Waals surface area (Å²) in [6.07, 6.45) is 0. The largest absolute Gasteiger partial charge is 0.501 e. The summed E-state index contributed by atoms with van der Waals surface area (Å²) in [6, 6.07) is 13.0. The number of fused-ring (bicyclic) bond motifs is 3. The fourth-order valence-corrected chi connectivity index (χ4v) is 3.35. The second-order valence-corrected chi connectivity index (χ2v) is 6.32. The van der Waals surface area contributed by atoms with E-state index >= 15 is 0 Å². The molecule has 0 radical (unpaired) electrons. The average Bonchev–Trinajstić information content (AvgIpc) is 2.90. The van der Waals surface area contributed by atoms with Crippen molar-refractivity contribution in [3.05, 3.63) is 69.7 Å². The van der Waals surface area contributed by atoms with E-state index in [1.165, 1.54) is 6.07 Å². The normalized spacial score (nSPS) is 11.3. The molecule has 4 rings (SSSR count). The Bertz CT molecular complexity index is 1270. The van der Waals surface area contributed by atoms with E-state index in [9.17, 15) is 19.8 Å². The van der Waals surface area contributed by atoms with Gasteiger partial charge in [-0.25, -0.2) is 4.79 Å². The third kappa shape index (κ3) is 2.43. The number of anilines is 1. The Balaban J connectivity index is 2.07. The van der Waals surface area contributed by atoms with Gasteiger partial charge in [-0.1, -0.05) is 30.3 Å². The first-order valence-electron chi connectivity index (χ1n) is 8.24. The number of carboxylic acid groups (broad SMARTS) is 1. The molecule has 2 aromatic heterocycles. The van der Waals surface area contributed by atoms with Crippen LogP contribution in [0.2, 0.25) is 0 Å². The number of nitrogen functional groups attached to an aromatic ring is 1. The summed E-state index contributed by atoms with van der Waals surface area (Å²) >= 11 is 0. The van der Waals surface area contributed by atoms with Gasteiger partial charge in [0.15, 0.2) is 5.58 Å². The molecule has 0 saturated heterocycles. The van der Waals surface area contributed by atoms with Gasteiger partial charge in [-0.2, -0.15) is 0 Å². The van der Waals surface area contributed by atoms with Crippen molar-refractivity contribution in [2.75, 3.05) is 5.73 Å². The molecule has 0 saturated carbocycles. The van der Waals surface area contributed by atoms with Crippen LogP contribution in [0.1, 0.15) is 21.8 Å². The van der Waals surface area contributed by atoms with Gasteiger partial charge in [-0.15, -0.1) is 0 Å². The number of benzene rings is 2. The van der Waals surface area contributed by atoms with Crippen molar-refractivity contribution in [1.29, 1.82) is 0 Å². The standard InChI is InChI=1S/C20H16N2O5/c1-10-15(21)14-13(22(10)9-11-5-3-2-4-6-11)8-7-12-16(23)17(24)19(20(25)26)27-18(12)14/h2-8,24H,9,21H2,1H3,(H,25,26). The first-order valence-corrected chi connectivity index (χ1v) is 8.24. The third-order valence-corrected chi connectivity index (χ3v) is 4.75. The molecule has 0 unspecified atom stereocenters. The number of nitrogens with two attached hydrogens (primary N) is 1. The van der Waals surface area contributed by atoms with E-state index in [-0.39, 0.29) is 11.0 Å². The van der Waals surface area contributed by atoms with E-state index in [2.05, 4.69) is 0 Å². The Morgan fingerprint density at radius 2 is 1.89 bits per heavy atom. The van der Waals surface area contributed by atoms with Crippen molar-refractivity contribution in [2.45, 2.75) is 13.5 Å². The number of aromatic carboxylic acids is 1. The van der Waals surface area contributed by atoms with Gasteiger partial charge in [0, 0.05) is 12.2 Å². The number of aromatic nitrogens is 1. The molecule has 2 heterocycles. The van der Waals surface area contributed by atoms with Crippen LogP contribution in [0.25, 0.3) is 21.9 Å². The molecule has 0 aliphatic heterocycles. The number of hydrogen-bond acceptors (Lipinski definition) is 5. The van der Waals surface area contributed by atoms with Crippen LogP contribution in [0.15, 0.2) is 51.7 Å². The zero-order valence-corrected chi connectivity index (χ0v) is 14.4. The molecule has 0 aliphatic rings. The Labute approximate surface area is 152 Å². The van der Waals surface area contributed by atoms with E-state index in [1.54, 1.807) is 6.07 Å². The predicted octanol–water partition coefficient (Wildman–Crippen LogP) is 3.09. The summed E-state index contributed by atoms with van der Waals surface area (Å²) in [5.41, 5.74) is 8.49. The summed E-state index contributed by atoms with van der Waals surface area (Å²) in [5, 5.41) is 19.6. The Kier molecular flexibility index (Phi) is 3.66. The fraction of sp³-hybridized carbons (Fsp3) is 0.100. The highest BCUT2D eigenvalue weighted by Crippen LogP contribution is 2.35. The molecular weight excluding hydrogens is 348 g/mol. The van der Waals surface area contributed by atoms with Crippen LogP contribution in [0.3, 0.4) is 0 Å². The molecule has 0 amide bonds. The number of carboxylic acids is 1. The van der Waals surface area contributed by atoms with Crippen molar-refractivity contribution in [1.82, 2.24) is 4.57 Å². The van der Waals surface area contributed by atoms with Crippen LogP contribution in [0.4, 0.5) is 5.69 Å². The van der Waals surface area contributed by atoms with E-state index < -0.39 is 22.9 Å². The first-order chi connectivity index (χ1) is 12.9. The maximum Gasteiger partial charge on any atom is 0.375 e. The maximum absolute atomic E-state index is 12.4. The lowest BCUT2D eigenvalue weighted by molar-refractivity contribution is 0.0658. The number of aromatic hydroxyl groups is 1. The van der Waals surface area contributed by atoms with E-state index in [4.69, 9.17) is 10.2 Å². The molecule has 0 bridgehead atoms. The van der Waals surface area contributed by atoms with Crippen molar-refractivity contribution in [2.24, 2.45) is 0 Å². The molecular formula is C20H16N2O5. The van der Waals surface area contributed by atoms with Gasteiger partial charge in [0.25, 0.3) is 5.76 Å². The minimum atomic E-state index is -1.53. The Morgan fingerprint density at radius 1 is 1.19 bits per heavy atom. The summed E-state index contributed by atoms with van der Waals surface area (Å²) in [4.78, 5) is 23.7. The van der Waals surface area contributed by atoms with Crippen LogP contribution in [-0.2, 0) is 6.54 Å². The van der Waals surface area contributed by atoms with Crippen LogP contribution in [0, 0.1) is 6.92 Å². The van der Waals surface area contributed by atoms with Crippen molar-refractivity contribution < 1.29 is 19.4 Å². The lowest BCUT2D eigenvalue weighted by atomic mass is 10.1. The molecule has 2 aromatic carbocycles. The maximum atomic E-state index is 12.4. The van der Waals surface area contributed by atoms with Crippen molar-refractivity contribution >= 4 is 33.5 Å². The molecule has 0 atom stereocenters. The van der Waals surface area contributed by atoms with E-state index in [0.717, 1.165) is 11.3 Å². The lowest BCUT2D eigenvalue weighted by Crippen LogP contribution is -2.08. The summed E-state index contributed by atoms with van der Waals surface area (Å²) < 4.78 is 7.38. The van der Waals surface area contributed by atoms with Gasteiger partial charge < -0.3 is 24.9 Å².